The van der Waals surface area contributed by atoms with Crippen LogP contribution in [0.2, 0.25) is 0 Å². The summed E-state index contributed by atoms with van der Waals surface area (Å²) in [6.07, 6.45) is 0.178. The van der Waals surface area contributed by atoms with E-state index in [0.29, 0.717) is 12.2 Å². The minimum absolute atomic E-state index is 0.0753. The van der Waals surface area contributed by atoms with Crippen molar-refractivity contribution in [2.75, 3.05) is 31.6 Å². The van der Waals surface area contributed by atoms with E-state index in [1.807, 2.05) is 0 Å². The van der Waals surface area contributed by atoms with Crippen molar-refractivity contribution < 1.29 is 32.2 Å². The van der Waals surface area contributed by atoms with Gasteiger partial charge in [0.2, 0.25) is 11.8 Å². The van der Waals surface area contributed by atoms with Crippen LogP contribution in [0.15, 0.2) is 42.5 Å². The summed E-state index contributed by atoms with van der Waals surface area (Å²) >= 11 is 0. The summed E-state index contributed by atoms with van der Waals surface area (Å²) < 4.78 is 48.5. The molecule has 166 valence electrons. The van der Waals surface area contributed by atoms with Gasteiger partial charge < -0.3 is 19.3 Å². The topological polar surface area (TPSA) is 59.1 Å². The predicted octanol–water partition coefficient (Wildman–Crippen LogP) is 3.80. The molecule has 2 aromatic rings. The number of carbonyl (C=O) groups excluding carboxylic acids is 2. The molecule has 2 amide bonds. The van der Waals surface area contributed by atoms with Crippen molar-refractivity contribution in [2.45, 2.75) is 25.9 Å². The van der Waals surface area contributed by atoms with E-state index >= 15 is 0 Å². The van der Waals surface area contributed by atoms with E-state index in [1.54, 1.807) is 25.1 Å². The number of anilines is 1. The molecule has 0 saturated carbocycles. The molecule has 0 radical (unpaired) electrons. The lowest BCUT2D eigenvalue weighted by atomic mass is 9.98. The zero-order chi connectivity index (χ0) is 22.5. The molecule has 0 aromatic heterocycles. The van der Waals surface area contributed by atoms with Crippen molar-refractivity contribution in [1.82, 2.24) is 4.90 Å². The van der Waals surface area contributed by atoms with Gasteiger partial charge >= 0.3 is 6.61 Å². The lowest BCUT2D eigenvalue weighted by Crippen LogP contribution is -2.39. The van der Waals surface area contributed by atoms with Gasteiger partial charge in [-0.2, -0.15) is 8.78 Å². The molecular formula is C22H23F3N2O4. The Bertz CT molecular complexity index is 954. The first-order valence-electron chi connectivity index (χ1n) is 9.80. The fourth-order valence-electron chi connectivity index (χ4n) is 3.49. The highest BCUT2D eigenvalue weighted by Gasteiger charge is 2.33. The van der Waals surface area contributed by atoms with Gasteiger partial charge in [-0.25, -0.2) is 4.39 Å². The zero-order valence-electron chi connectivity index (χ0n) is 17.2. The highest BCUT2D eigenvalue weighted by atomic mass is 19.3. The van der Waals surface area contributed by atoms with Gasteiger partial charge in [-0.3, -0.25) is 9.59 Å². The van der Waals surface area contributed by atoms with E-state index in [9.17, 15) is 22.8 Å². The Morgan fingerprint density at radius 1 is 1.23 bits per heavy atom. The highest BCUT2D eigenvalue weighted by Crippen LogP contribution is 2.36. The first-order valence-corrected chi connectivity index (χ1v) is 9.80. The van der Waals surface area contributed by atoms with Crippen molar-refractivity contribution in [2.24, 2.45) is 0 Å². The predicted molar refractivity (Wildman–Crippen MR) is 108 cm³/mol. The van der Waals surface area contributed by atoms with Crippen LogP contribution >= 0.6 is 0 Å². The molecule has 1 unspecified atom stereocenters. The zero-order valence-corrected chi connectivity index (χ0v) is 17.2. The molecule has 1 aliphatic heterocycles. The SMILES string of the molecule is CCOc1cc(C2CC(=O)N(CC(=O)N(C)c3cccc(F)c3)C2)ccc1OC(F)F. The molecule has 0 N–H and O–H groups in total. The number of likely N-dealkylation sites (N-methyl/N-ethyl adjacent to an activating group) is 1. The number of benzene rings is 2. The van der Waals surface area contributed by atoms with E-state index in [2.05, 4.69) is 4.74 Å². The number of halogens is 3. The molecule has 1 atom stereocenters. The number of hydrogen-bond donors (Lipinski definition) is 0. The highest BCUT2D eigenvalue weighted by molar-refractivity contribution is 5.96. The van der Waals surface area contributed by atoms with Crippen molar-refractivity contribution in [3.05, 3.63) is 53.8 Å². The summed E-state index contributed by atoms with van der Waals surface area (Å²) in [6.45, 7) is -0.843. The molecular weight excluding hydrogens is 413 g/mol. The monoisotopic (exact) mass is 436 g/mol. The summed E-state index contributed by atoms with van der Waals surface area (Å²) in [4.78, 5) is 27.8. The van der Waals surface area contributed by atoms with Crippen molar-refractivity contribution in [1.29, 1.82) is 0 Å². The molecule has 31 heavy (non-hydrogen) atoms. The molecule has 6 nitrogen and oxygen atoms in total. The van der Waals surface area contributed by atoms with Gasteiger partial charge in [-0.15, -0.1) is 0 Å². The van der Waals surface area contributed by atoms with Crippen molar-refractivity contribution in [3.63, 3.8) is 0 Å². The number of ether oxygens (including phenoxy) is 2. The van der Waals surface area contributed by atoms with Crippen molar-refractivity contribution in [3.8, 4) is 11.5 Å². The first-order chi connectivity index (χ1) is 14.8. The van der Waals surface area contributed by atoms with Crippen LogP contribution in [0, 0.1) is 5.82 Å². The number of carbonyl (C=O) groups is 2. The Morgan fingerprint density at radius 2 is 2.00 bits per heavy atom. The van der Waals surface area contributed by atoms with Crippen LogP contribution in [0.4, 0.5) is 18.9 Å². The fraction of sp³-hybridized carbons (Fsp3) is 0.364. The van der Waals surface area contributed by atoms with E-state index in [1.165, 1.54) is 41.1 Å². The lowest BCUT2D eigenvalue weighted by Gasteiger charge is -2.22. The maximum Gasteiger partial charge on any atom is 0.387 e. The van der Waals surface area contributed by atoms with Gasteiger partial charge in [-0.1, -0.05) is 12.1 Å². The molecule has 2 aromatic carbocycles. The van der Waals surface area contributed by atoms with Crippen LogP contribution in [0.3, 0.4) is 0 Å². The maximum atomic E-state index is 13.4. The molecule has 0 spiro atoms. The molecule has 1 fully saturated rings. The van der Waals surface area contributed by atoms with Gasteiger partial charge in [0, 0.05) is 31.6 Å². The second-order valence-corrected chi connectivity index (χ2v) is 7.13. The Kier molecular flexibility index (Phi) is 7.04. The van der Waals surface area contributed by atoms with E-state index in [0.717, 1.165) is 5.56 Å². The van der Waals surface area contributed by atoms with Crippen LogP contribution in [-0.2, 0) is 9.59 Å². The minimum Gasteiger partial charge on any atom is -0.490 e. The third kappa shape index (κ3) is 5.48. The molecule has 0 aliphatic carbocycles. The normalized spacial score (nSPS) is 16.0. The summed E-state index contributed by atoms with van der Waals surface area (Å²) in [5, 5.41) is 0. The number of likely N-dealkylation sites (tertiary alicyclic amines) is 1. The van der Waals surface area contributed by atoms with E-state index in [4.69, 9.17) is 4.74 Å². The maximum absolute atomic E-state index is 13.4. The van der Waals surface area contributed by atoms with Crippen LogP contribution in [0.1, 0.15) is 24.8 Å². The molecule has 1 saturated heterocycles. The molecule has 9 heteroatoms. The Labute approximate surface area is 178 Å². The Balaban J connectivity index is 1.69. The fourth-order valence-corrected chi connectivity index (χ4v) is 3.49. The molecule has 3 rings (SSSR count). The van der Waals surface area contributed by atoms with Gasteiger partial charge in [-0.05, 0) is 42.8 Å². The van der Waals surface area contributed by atoms with Gasteiger partial charge in [0.05, 0.1) is 6.61 Å². The van der Waals surface area contributed by atoms with Crippen LogP contribution in [0.5, 0.6) is 11.5 Å². The third-order valence-electron chi connectivity index (χ3n) is 5.07. The van der Waals surface area contributed by atoms with E-state index < -0.39 is 12.4 Å². The Morgan fingerprint density at radius 3 is 2.68 bits per heavy atom. The first kappa shape index (κ1) is 22.5. The van der Waals surface area contributed by atoms with Crippen LogP contribution in [-0.4, -0.2) is 50.1 Å². The smallest absolute Gasteiger partial charge is 0.387 e. The average Bonchev–Trinajstić information content (AvgIpc) is 3.08. The van der Waals surface area contributed by atoms with Gasteiger partial charge in [0.1, 0.15) is 12.4 Å². The molecule has 0 bridgehead atoms. The third-order valence-corrected chi connectivity index (χ3v) is 5.07. The van der Waals surface area contributed by atoms with Crippen LogP contribution in [0.25, 0.3) is 0 Å². The lowest BCUT2D eigenvalue weighted by molar-refractivity contribution is -0.132. The quantitative estimate of drug-likeness (QED) is 0.632. The Hall–Kier alpha value is -3.23. The number of rotatable bonds is 8. The number of hydrogen-bond acceptors (Lipinski definition) is 4. The molecule has 1 heterocycles. The standard InChI is InChI=1S/C22H23F3N2O4/c1-3-30-19-9-14(7-8-18(19)31-22(24)25)15-10-20(28)27(12-15)13-21(29)26(2)17-6-4-5-16(23)11-17/h4-9,11,15,22H,3,10,12-13H2,1-2H3. The van der Waals surface area contributed by atoms with Gasteiger partial charge in [0.15, 0.2) is 11.5 Å². The number of amides is 2. The minimum atomic E-state index is -2.98. The number of nitrogens with zero attached hydrogens (tertiary/aromatic N) is 2. The summed E-state index contributed by atoms with van der Waals surface area (Å²) in [5.41, 5.74) is 1.12. The summed E-state index contributed by atoms with van der Waals surface area (Å²) in [5.74, 6) is -1.13. The summed E-state index contributed by atoms with van der Waals surface area (Å²) in [6, 6.07) is 10.2. The van der Waals surface area contributed by atoms with Crippen molar-refractivity contribution >= 4 is 17.5 Å². The van der Waals surface area contributed by atoms with E-state index in [-0.39, 0.29) is 48.8 Å². The second-order valence-electron chi connectivity index (χ2n) is 7.13. The summed E-state index contributed by atoms with van der Waals surface area (Å²) in [7, 11) is 1.52. The average molecular weight is 436 g/mol. The molecule has 1 aliphatic rings. The van der Waals surface area contributed by atoms with Gasteiger partial charge in [0.25, 0.3) is 0 Å². The van der Waals surface area contributed by atoms with Crippen LogP contribution < -0.4 is 14.4 Å². The second kappa shape index (κ2) is 9.72. The number of alkyl halides is 2. The largest absolute Gasteiger partial charge is 0.490 e.